The zero-order valence-corrected chi connectivity index (χ0v) is 20.7. The fourth-order valence-electron chi connectivity index (χ4n) is 3.62. The van der Waals surface area contributed by atoms with E-state index >= 15 is 0 Å². The summed E-state index contributed by atoms with van der Waals surface area (Å²) < 4.78 is 66.3. The van der Waals surface area contributed by atoms with Crippen LogP contribution in [0.3, 0.4) is 0 Å². The van der Waals surface area contributed by atoms with Crippen molar-refractivity contribution < 1.29 is 31.5 Å². The molecule has 0 saturated carbocycles. The summed E-state index contributed by atoms with van der Waals surface area (Å²) in [6, 6.07) is 12.5. The molecule has 0 unspecified atom stereocenters. The highest BCUT2D eigenvalue weighted by molar-refractivity contribution is 7.80. The van der Waals surface area contributed by atoms with Gasteiger partial charge >= 0.3 is 0 Å². The van der Waals surface area contributed by atoms with Gasteiger partial charge < -0.3 is 14.5 Å². The lowest BCUT2D eigenvalue weighted by molar-refractivity contribution is 0.0966. The molecule has 4 rings (SSSR count). The molecule has 0 spiro atoms. The highest BCUT2D eigenvalue weighted by Gasteiger charge is 2.30. The highest BCUT2D eigenvalue weighted by atomic mass is 32.1. The Hall–Kier alpha value is -3.99. The summed E-state index contributed by atoms with van der Waals surface area (Å²) in [5, 5.41) is 4.30. The monoisotopic (exact) mass is 531 g/mol. The lowest BCUT2D eigenvalue weighted by Crippen LogP contribution is -2.35. The van der Waals surface area contributed by atoms with Gasteiger partial charge in [0.05, 0.1) is 7.11 Å². The van der Waals surface area contributed by atoms with Gasteiger partial charge in [0.1, 0.15) is 11.1 Å². The molecular formula is C26H21F4N3O3S. The SMILES string of the molecule is CC[C@@H](C)c1ccc2oc(-c3ccc(NC(=S)NC(=O)c4c(F)c(F)c(OC)c(F)c4F)cc3)nc2c1. The first-order chi connectivity index (χ1) is 17.6. The van der Waals surface area contributed by atoms with E-state index in [1.165, 1.54) is 5.56 Å². The van der Waals surface area contributed by atoms with Crippen LogP contribution in [0.2, 0.25) is 0 Å². The van der Waals surface area contributed by atoms with Crippen molar-refractivity contribution in [2.75, 3.05) is 12.4 Å². The van der Waals surface area contributed by atoms with Crippen LogP contribution in [-0.4, -0.2) is 23.1 Å². The topological polar surface area (TPSA) is 76.4 Å². The van der Waals surface area contributed by atoms with Gasteiger partial charge in [-0.1, -0.05) is 19.9 Å². The third-order valence-corrected chi connectivity index (χ3v) is 6.07. The maximum atomic E-state index is 14.2. The van der Waals surface area contributed by atoms with Crippen molar-refractivity contribution in [3.05, 3.63) is 76.9 Å². The Morgan fingerprint density at radius 3 is 2.30 bits per heavy atom. The Kier molecular flexibility index (Phi) is 7.44. The van der Waals surface area contributed by atoms with Crippen molar-refractivity contribution in [1.29, 1.82) is 0 Å². The van der Waals surface area contributed by atoms with Crippen molar-refractivity contribution in [1.82, 2.24) is 10.3 Å². The zero-order valence-electron chi connectivity index (χ0n) is 19.9. The van der Waals surface area contributed by atoms with Crippen LogP contribution in [0, 0.1) is 23.3 Å². The number of ether oxygens (including phenoxy) is 1. The molecule has 192 valence electrons. The molecule has 4 aromatic rings. The fraction of sp³-hybridized carbons (Fsp3) is 0.192. The minimum absolute atomic E-state index is 0.354. The van der Waals surface area contributed by atoms with Crippen molar-refractivity contribution in [2.45, 2.75) is 26.2 Å². The number of aromatic nitrogens is 1. The molecule has 11 heteroatoms. The largest absolute Gasteiger partial charge is 0.491 e. The lowest BCUT2D eigenvalue weighted by Gasteiger charge is -2.13. The van der Waals surface area contributed by atoms with E-state index in [4.69, 9.17) is 16.6 Å². The van der Waals surface area contributed by atoms with Gasteiger partial charge in [0.2, 0.25) is 17.5 Å². The molecule has 1 atom stereocenters. The van der Waals surface area contributed by atoms with Crippen molar-refractivity contribution >= 4 is 40.0 Å². The predicted octanol–water partition coefficient (Wildman–Crippen LogP) is 6.70. The zero-order chi connectivity index (χ0) is 26.9. The number of anilines is 1. The number of thiocarbonyl (C=S) groups is 1. The summed E-state index contributed by atoms with van der Waals surface area (Å²) in [6.07, 6.45) is 1.00. The molecule has 1 aromatic heterocycles. The highest BCUT2D eigenvalue weighted by Crippen LogP contribution is 2.30. The second kappa shape index (κ2) is 10.6. The maximum Gasteiger partial charge on any atom is 0.263 e. The molecule has 0 bridgehead atoms. The molecule has 0 fully saturated rings. The van der Waals surface area contributed by atoms with Crippen molar-refractivity contribution in [2.24, 2.45) is 0 Å². The van der Waals surface area contributed by atoms with Gasteiger partial charge in [0.15, 0.2) is 28.1 Å². The lowest BCUT2D eigenvalue weighted by atomic mass is 9.98. The molecular weight excluding hydrogens is 510 g/mol. The van der Waals surface area contributed by atoms with Crippen LogP contribution in [0.25, 0.3) is 22.6 Å². The van der Waals surface area contributed by atoms with E-state index < -0.39 is 40.5 Å². The van der Waals surface area contributed by atoms with E-state index in [0.29, 0.717) is 28.6 Å². The molecule has 0 aliphatic rings. The molecule has 2 N–H and O–H groups in total. The first kappa shape index (κ1) is 26.1. The summed E-state index contributed by atoms with van der Waals surface area (Å²) in [6.45, 7) is 4.26. The Morgan fingerprint density at radius 1 is 1.05 bits per heavy atom. The van der Waals surface area contributed by atoms with Crippen LogP contribution in [0.4, 0.5) is 23.2 Å². The number of rotatable bonds is 6. The van der Waals surface area contributed by atoms with Gasteiger partial charge in [0, 0.05) is 11.3 Å². The number of methoxy groups -OCH3 is 1. The Balaban J connectivity index is 1.47. The molecule has 0 aliphatic carbocycles. The normalized spacial score (nSPS) is 11.9. The van der Waals surface area contributed by atoms with Crippen LogP contribution in [0.1, 0.15) is 42.1 Å². The molecule has 0 saturated heterocycles. The Labute approximate surface area is 214 Å². The predicted molar refractivity (Wildman–Crippen MR) is 135 cm³/mol. The number of oxazole rings is 1. The van der Waals surface area contributed by atoms with Gasteiger partial charge in [-0.25, -0.2) is 13.8 Å². The van der Waals surface area contributed by atoms with Crippen LogP contribution in [-0.2, 0) is 0 Å². The van der Waals surface area contributed by atoms with Gasteiger partial charge in [-0.05, 0) is 66.5 Å². The van der Waals surface area contributed by atoms with Gasteiger partial charge in [0.25, 0.3) is 5.91 Å². The van der Waals surface area contributed by atoms with E-state index in [1.807, 2.05) is 23.5 Å². The maximum absolute atomic E-state index is 14.2. The molecule has 0 radical (unpaired) electrons. The summed E-state index contributed by atoms with van der Waals surface area (Å²) in [5.74, 6) is -9.43. The third kappa shape index (κ3) is 5.12. The van der Waals surface area contributed by atoms with E-state index in [-0.39, 0.29) is 5.11 Å². The molecule has 37 heavy (non-hydrogen) atoms. The standard InChI is InChI=1S/C26H21F4N3O3S/c1-4-12(2)14-7-10-17-16(11-14)32-25(36-17)13-5-8-15(9-6-13)31-26(37)33-24(34)18-19(27)21(29)23(35-3)22(30)20(18)28/h5-12H,4H2,1-3H3,(H2,31,33,34,37)/t12-/m1/s1. The van der Waals surface area contributed by atoms with Gasteiger partial charge in [-0.2, -0.15) is 8.78 Å². The number of carbonyl (C=O) groups is 1. The second-order valence-electron chi connectivity index (χ2n) is 8.21. The first-order valence-electron chi connectivity index (χ1n) is 11.2. The quantitative estimate of drug-likeness (QED) is 0.164. The number of nitrogens with zero attached hydrogens (tertiary/aromatic N) is 1. The minimum atomic E-state index is -1.91. The van der Waals surface area contributed by atoms with Crippen LogP contribution in [0.15, 0.2) is 46.9 Å². The average molecular weight is 532 g/mol. The smallest absolute Gasteiger partial charge is 0.263 e. The molecule has 0 aliphatic heterocycles. The summed E-state index contributed by atoms with van der Waals surface area (Å²) in [5.41, 5.74) is 2.18. The van der Waals surface area contributed by atoms with E-state index in [9.17, 15) is 22.4 Å². The summed E-state index contributed by atoms with van der Waals surface area (Å²) in [7, 11) is 0.832. The average Bonchev–Trinajstić information content (AvgIpc) is 3.31. The number of fused-ring (bicyclic) bond motifs is 1. The van der Waals surface area contributed by atoms with E-state index in [2.05, 4.69) is 28.9 Å². The number of hydrogen-bond acceptors (Lipinski definition) is 5. The Morgan fingerprint density at radius 2 is 1.70 bits per heavy atom. The minimum Gasteiger partial charge on any atom is -0.491 e. The number of nitrogens with one attached hydrogen (secondary N) is 2. The first-order valence-corrected chi connectivity index (χ1v) is 11.6. The summed E-state index contributed by atoms with van der Waals surface area (Å²) in [4.78, 5) is 16.8. The molecule has 1 amide bonds. The third-order valence-electron chi connectivity index (χ3n) is 5.86. The van der Waals surface area contributed by atoms with Crippen LogP contribution < -0.4 is 15.4 Å². The number of hydrogen-bond donors (Lipinski definition) is 2. The second-order valence-corrected chi connectivity index (χ2v) is 8.61. The number of carbonyl (C=O) groups excluding carboxylic acids is 1. The molecule has 1 heterocycles. The summed E-state index contributed by atoms with van der Waals surface area (Å²) >= 11 is 5.00. The Bertz CT molecular complexity index is 1480. The van der Waals surface area contributed by atoms with Crippen LogP contribution in [0.5, 0.6) is 5.75 Å². The number of amides is 1. The van der Waals surface area contributed by atoms with Gasteiger partial charge in [-0.15, -0.1) is 0 Å². The van der Waals surface area contributed by atoms with E-state index in [1.54, 1.807) is 24.3 Å². The molecule has 3 aromatic carbocycles. The molecule has 6 nitrogen and oxygen atoms in total. The van der Waals surface area contributed by atoms with E-state index in [0.717, 1.165) is 19.0 Å². The fourth-order valence-corrected chi connectivity index (χ4v) is 3.83. The van der Waals surface area contributed by atoms with Gasteiger partial charge in [-0.3, -0.25) is 10.1 Å². The number of benzene rings is 3. The van der Waals surface area contributed by atoms with Crippen molar-refractivity contribution in [3.8, 4) is 17.2 Å². The number of halogens is 4. The van der Waals surface area contributed by atoms with Crippen LogP contribution >= 0.6 is 12.2 Å². The van der Waals surface area contributed by atoms with Crippen molar-refractivity contribution in [3.63, 3.8) is 0 Å².